The zero-order valence-corrected chi connectivity index (χ0v) is 29.8. The molecular weight excluding hydrogens is 637 g/mol. The van der Waals surface area contributed by atoms with E-state index in [-0.39, 0.29) is 5.41 Å². The fourth-order valence-corrected chi connectivity index (χ4v) is 9.38. The Bertz CT molecular complexity index is 3080. The second kappa shape index (κ2) is 11.2. The van der Waals surface area contributed by atoms with Gasteiger partial charge < -0.3 is 0 Å². The van der Waals surface area contributed by atoms with Gasteiger partial charge in [0.15, 0.2) is 0 Å². The summed E-state index contributed by atoms with van der Waals surface area (Å²) < 4.78 is 0. The zero-order chi connectivity index (χ0) is 35.3. The predicted molar refractivity (Wildman–Crippen MR) is 228 cm³/mol. The largest absolute Gasteiger partial charge is 0.0616 e. The minimum atomic E-state index is -0.108. The van der Waals surface area contributed by atoms with Gasteiger partial charge >= 0.3 is 0 Å². The van der Waals surface area contributed by atoms with E-state index in [1.54, 1.807) is 0 Å². The van der Waals surface area contributed by atoms with Crippen molar-refractivity contribution in [2.75, 3.05) is 0 Å². The van der Waals surface area contributed by atoms with E-state index in [0.29, 0.717) is 0 Å². The molecule has 0 bridgehead atoms. The van der Waals surface area contributed by atoms with Crippen LogP contribution in [-0.4, -0.2) is 0 Å². The van der Waals surface area contributed by atoms with Gasteiger partial charge in [-0.1, -0.05) is 159 Å². The summed E-state index contributed by atoms with van der Waals surface area (Å²) in [5.74, 6) is 0. The topological polar surface area (TPSA) is 0 Å². The van der Waals surface area contributed by atoms with Crippen LogP contribution in [-0.2, 0) is 5.41 Å². The van der Waals surface area contributed by atoms with E-state index < -0.39 is 0 Å². The van der Waals surface area contributed by atoms with Gasteiger partial charge in [0.25, 0.3) is 0 Å². The van der Waals surface area contributed by atoms with Gasteiger partial charge in [-0.3, -0.25) is 0 Å². The van der Waals surface area contributed by atoms with Crippen LogP contribution in [0.5, 0.6) is 0 Å². The lowest BCUT2D eigenvalue weighted by molar-refractivity contribution is 0.661. The highest BCUT2D eigenvalue weighted by Gasteiger charge is 2.36. The average molecular weight is 673 g/mol. The molecule has 10 aromatic carbocycles. The van der Waals surface area contributed by atoms with E-state index in [2.05, 4.69) is 196 Å². The Morgan fingerprint density at radius 2 is 0.755 bits per heavy atom. The Morgan fingerprint density at radius 1 is 0.283 bits per heavy atom. The maximum absolute atomic E-state index is 2.48. The second-order valence-electron chi connectivity index (χ2n) is 15.3. The molecule has 53 heavy (non-hydrogen) atoms. The quantitative estimate of drug-likeness (QED) is 0.164. The summed E-state index contributed by atoms with van der Waals surface area (Å²) in [6.07, 6.45) is 0. The van der Waals surface area contributed by atoms with E-state index in [1.807, 2.05) is 0 Å². The molecule has 0 aliphatic heterocycles. The Labute approximate surface area is 309 Å². The van der Waals surface area contributed by atoms with Crippen molar-refractivity contribution in [3.63, 3.8) is 0 Å². The lowest BCUT2D eigenvalue weighted by atomic mass is 9.80. The van der Waals surface area contributed by atoms with Gasteiger partial charge in [-0.05, 0) is 146 Å². The summed E-state index contributed by atoms with van der Waals surface area (Å²) in [6.45, 7) is 4.78. The van der Waals surface area contributed by atoms with Crippen molar-refractivity contribution < 1.29 is 0 Å². The normalized spacial score (nSPS) is 13.2. The van der Waals surface area contributed by atoms with E-state index >= 15 is 0 Å². The Balaban J connectivity index is 1.15. The van der Waals surface area contributed by atoms with Crippen molar-refractivity contribution in [2.45, 2.75) is 19.3 Å². The third-order valence-electron chi connectivity index (χ3n) is 12.0. The van der Waals surface area contributed by atoms with Crippen LogP contribution in [0.1, 0.15) is 25.0 Å². The highest BCUT2D eigenvalue weighted by atomic mass is 14.4. The molecule has 0 spiro atoms. The number of hydrogen-bond donors (Lipinski definition) is 0. The van der Waals surface area contributed by atoms with Crippen molar-refractivity contribution in [1.29, 1.82) is 0 Å². The maximum Gasteiger partial charge on any atom is 0.0159 e. The summed E-state index contributed by atoms with van der Waals surface area (Å²) in [6, 6.07) is 68.1. The molecule has 0 aromatic heterocycles. The molecule has 0 radical (unpaired) electrons. The highest BCUT2D eigenvalue weighted by Crippen LogP contribution is 2.52. The first-order valence-electron chi connectivity index (χ1n) is 18.7. The molecule has 11 rings (SSSR count). The Kier molecular flexibility index (Phi) is 6.40. The predicted octanol–water partition coefficient (Wildman–Crippen LogP) is 14.8. The highest BCUT2D eigenvalue weighted by molar-refractivity contribution is 6.22. The second-order valence-corrected chi connectivity index (χ2v) is 15.3. The molecule has 0 heteroatoms. The van der Waals surface area contributed by atoms with Crippen molar-refractivity contribution in [3.05, 3.63) is 193 Å². The van der Waals surface area contributed by atoms with Crippen LogP contribution in [0.25, 0.3) is 98.4 Å². The smallest absolute Gasteiger partial charge is 0.0159 e. The molecule has 0 unspecified atom stereocenters. The van der Waals surface area contributed by atoms with E-state index in [0.717, 1.165) is 0 Å². The minimum Gasteiger partial charge on any atom is -0.0616 e. The summed E-state index contributed by atoms with van der Waals surface area (Å²) in [5.41, 5.74) is 13.0. The molecule has 1 aliphatic rings. The first-order valence-corrected chi connectivity index (χ1v) is 18.7. The van der Waals surface area contributed by atoms with Crippen LogP contribution in [0.3, 0.4) is 0 Å². The van der Waals surface area contributed by atoms with Crippen LogP contribution in [0.15, 0.2) is 182 Å². The molecule has 10 aromatic rings. The Morgan fingerprint density at radius 3 is 1.42 bits per heavy atom. The van der Waals surface area contributed by atoms with Crippen LogP contribution in [0.4, 0.5) is 0 Å². The third kappa shape index (κ3) is 4.49. The summed E-state index contributed by atoms with van der Waals surface area (Å²) in [7, 11) is 0. The molecule has 0 atom stereocenters. The third-order valence-corrected chi connectivity index (χ3v) is 12.0. The fourth-order valence-electron chi connectivity index (χ4n) is 9.38. The number of hydrogen-bond acceptors (Lipinski definition) is 0. The summed E-state index contributed by atoms with van der Waals surface area (Å²) in [5, 5.41) is 12.7. The molecule has 0 fully saturated rings. The number of benzene rings is 10. The molecule has 1 aliphatic carbocycles. The van der Waals surface area contributed by atoms with Crippen LogP contribution in [0, 0.1) is 0 Å². The molecule has 0 saturated carbocycles. The maximum atomic E-state index is 2.48. The SMILES string of the molecule is CC1(C)c2cc(-c3cc(-c4c5ccccc5c(-c5ccc6ccccc6c5)c5ccccc45)cc4ccccc34)ccc2-c2cc3ccccc3cc21. The first-order chi connectivity index (χ1) is 26.0. The Hall–Kier alpha value is -6.50. The fraction of sp³-hybridized carbons (Fsp3) is 0.0566. The minimum absolute atomic E-state index is 0.108. The van der Waals surface area contributed by atoms with Gasteiger partial charge in [0.05, 0.1) is 0 Å². The molecule has 0 N–H and O–H groups in total. The lowest BCUT2D eigenvalue weighted by Gasteiger charge is -2.23. The molecule has 248 valence electrons. The van der Waals surface area contributed by atoms with Gasteiger partial charge in [-0.25, -0.2) is 0 Å². The molecule has 0 amide bonds. The van der Waals surface area contributed by atoms with Crippen LogP contribution in [0.2, 0.25) is 0 Å². The van der Waals surface area contributed by atoms with Gasteiger partial charge in [-0.2, -0.15) is 0 Å². The lowest BCUT2D eigenvalue weighted by Crippen LogP contribution is -2.15. The summed E-state index contributed by atoms with van der Waals surface area (Å²) in [4.78, 5) is 0. The summed E-state index contributed by atoms with van der Waals surface area (Å²) >= 11 is 0. The zero-order valence-electron chi connectivity index (χ0n) is 29.8. The average Bonchev–Trinajstić information content (AvgIpc) is 3.42. The molecule has 0 saturated heterocycles. The standard InChI is InChI=1S/C53H36/c1-53(2)49-32-38(25-26-42(49)48-29-35-15-5-6-16-36(35)31-50(48)53)47-30-40(28-37-17-7-8-18-41(37)47)52-45-21-11-9-19-43(45)51(44-20-10-12-22-46(44)52)39-24-23-33-13-3-4-14-34(33)27-39/h3-32H,1-2H3. The van der Waals surface area contributed by atoms with Gasteiger partial charge in [0.2, 0.25) is 0 Å². The van der Waals surface area contributed by atoms with Crippen LogP contribution >= 0.6 is 0 Å². The van der Waals surface area contributed by atoms with E-state index in [1.165, 1.54) is 109 Å². The number of rotatable bonds is 3. The number of fused-ring (bicyclic) bond motifs is 8. The molecular formula is C53H36. The van der Waals surface area contributed by atoms with Gasteiger partial charge in [0.1, 0.15) is 0 Å². The molecule has 0 heterocycles. The van der Waals surface area contributed by atoms with Gasteiger partial charge in [-0.15, -0.1) is 0 Å². The monoisotopic (exact) mass is 672 g/mol. The first kappa shape index (κ1) is 30.2. The van der Waals surface area contributed by atoms with Crippen molar-refractivity contribution >= 4 is 53.9 Å². The van der Waals surface area contributed by atoms with E-state index in [9.17, 15) is 0 Å². The van der Waals surface area contributed by atoms with Crippen molar-refractivity contribution in [3.8, 4) is 44.5 Å². The van der Waals surface area contributed by atoms with Gasteiger partial charge in [0, 0.05) is 5.41 Å². The van der Waals surface area contributed by atoms with Crippen molar-refractivity contribution in [1.82, 2.24) is 0 Å². The van der Waals surface area contributed by atoms with E-state index in [4.69, 9.17) is 0 Å². The van der Waals surface area contributed by atoms with Crippen molar-refractivity contribution in [2.24, 2.45) is 0 Å². The van der Waals surface area contributed by atoms with Crippen LogP contribution < -0.4 is 0 Å². The molecule has 0 nitrogen and oxygen atoms in total.